The molecule has 0 amide bonds. The molecule has 0 aliphatic heterocycles. The minimum absolute atomic E-state index is 0.269. The van der Waals surface area contributed by atoms with Crippen molar-refractivity contribution in [3.8, 4) is 0 Å². The lowest BCUT2D eigenvalue weighted by Crippen LogP contribution is -2.29. The normalized spacial score (nSPS) is 10.8. The van der Waals surface area contributed by atoms with Crippen molar-refractivity contribution in [1.29, 1.82) is 0 Å². The standard InChI is InChI=1S/C14H13FN4O2/c1-18(2)9-16-12-11(15)8-19(14(21)17-12)13(20)10-6-4-3-5-7-10/h3-9H,1-2H3. The molecule has 0 saturated carbocycles. The SMILES string of the molecule is CN(C)C=Nc1nc(=O)n(C(=O)c2ccccc2)cc1F. The van der Waals surface area contributed by atoms with E-state index >= 15 is 0 Å². The number of halogens is 1. The molecule has 7 heteroatoms. The van der Waals surface area contributed by atoms with Crippen LogP contribution in [0.1, 0.15) is 10.4 Å². The molecule has 1 heterocycles. The lowest BCUT2D eigenvalue weighted by atomic mass is 10.2. The zero-order chi connectivity index (χ0) is 15.4. The average molecular weight is 288 g/mol. The third kappa shape index (κ3) is 3.38. The molecule has 2 aromatic rings. The highest BCUT2D eigenvalue weighted by Gasteiger charge is 2.14. The third-order valence-electron chi connectivity index (χ3n) is 2.51. The highest BCUT2D eigenvalue weighted by Crippen LogP contribution is 2.11. The molecule has 0 radical (unpaired) electrons. The maximum Gasteiger partial charge on any atom is 0.356 e. The van der Waals surface area contributed by atoms with Gasteiger partial charge in [-0.3, -0.25) is 4.79 Å². The zero-order valence-corrected chi connectivity index (χ0v) is 11.5. The molecule has 1 aromatic heterocycles. The largest absolute Gasteiger partial charge is 0.369 e. The molecule has 0 fully saturated rings. The van der Waals surface area contributed by atoms with Gasteiger partial charge in [-0.1, -0.05) is 18.2 Å². The van der Waals surface area contributed by atoms with Crippen LogP contribution in [0.4, 0.5) is 10.2 Å². The molecule has 2 rings (SSSR count). The zero-order valence-electron chi connectivity index (χ0n) is 11.5. The van der Waals surface area contributed by atoms with Gasteiger partial charge in [0.05, 0.1) is 12.5 Å². The predicted molar refractivity (Wildman–Crippen MR) is 76.5 cm³/mol. The number of hydrogen-bond acceptors (Lipinski definition) is 4. The Hall–Kier alpha value is -2.83. The number of hydrogen-bond donors (Lipinski definition) is 0. The molecule has 1 aromatic carbocycles. The lowest BCUT2D eigenvalue weighted by molar-refractivity contribution is 0.0953. The third-order valence-corrected chi connectivity index (χ3v) is 2.51. The molecule has 0 bridgehead atoms. The molecular weight excluding hydrogens is 275 g/mol. The Bertz CT molecular complexity index is 738. The number of aromatic nitrogens is 2. The Morgan fingerprint density at radius 2 is 2.00 bits per heavy atom. The van der Waals surface area contributed by atoms with Crippen molar-refractivity contribution in [3.05, 3.63) is 58.4 Å². The van der Waals surface area contributed by atoms with Crippen LogP contribution in [0, 0.1) is 5.82 Å². The summed E-state index contributed by atoms with van der Waals surface area (Å²) in [7, 11) is 3.39. The van der Waals surface area contributed by atoms with E-state index in [0.29, 0.717) is 4.57 Å². The summed E-state index contributed by atoms with van der Waals surface area (Å²) in [5.74, 6) is -1.85. The molecule has 0 aliphatic rings. The molecule has 0 unspecified atom stereocenters. The van der Waals surface area contributed by atoms with Crippen molar-refractivity contribution in [3.63, 3.8) is 0 Å². The van der Waals surface area contributed by atoms with Crippen molar-refractivity contribution in [1.82, 2.24) is 14.5 Å². The van der Waals surface area contributed by atoms with E-state index in [4.69, 9.17) is 0 Å². The number of carbonyl (C=O) groups excluding carboxylic acids is 1. The Morgan fingerprint density at radius 1 is 1.33 bits per heavy atom. The monoisotopic (exact) mass is 288 g/mol. The van der Waals surface area contributed by atoms with E-state index in [1.807, 2.05) is 0 Å². The van der Waals surface area contributed by atoms with Gasteiger partial charge in [0.15, 0.2) is 11.6 Å². The van der Waals surface area contributed by atoms with Crippen molar-refractivity contribution in [2.75, 3.05) is 14.1 Å². The number of rotatable bonds is 3. The fraction of sp³-hybridized carbons (Fsp3) is 0.143. The van der Waals surface area contributed by atoms with Gasteiger partial charge in [0.1, 0.15) is 0 Å². The van der Waals surface area contributed by atoms with Crippen LogP contribution in [-0.4, -0.2) is 40.8 Å². The summed E-state index contributed by atoms with van der Waals surface area (Å²) in [5, 5.41) is 0. The van der Waals surface area contributed by atoms with Gasteiger partial charge in [-0.25, -0.2) is 18.7 Å². The summed E-state index contributed by atoms with van der Waals surface area (Å²) in [6.07, 6.45) is 2.11. The van der Waals surface area contributed by atoms with Gasteiger partial charge in [-0.2, -0.15) is 4.98 Å². The Kier molecular flexibility index (Phi) is 4.22. The fourth-order valence-corrected chi connectivity index (χ4v) is 1.55. The minimum atomic E-state index is -0.879. The van der Waals surface area contributed by atoms with Gasteiger partial charge < -0.3 is 4.90 Å². The molecule has 0 atom stereocenters. The van der Waals surface area contributed by atoms with E-state index in [1.165, 1.54) is 18.5 Å². The second-order valence-corrected chi connectivity index (χ2v) is 4.44. The summed E-state index contributed by atoms with van der Waals surface area (Å²) in [5.41, 5.74) is -0.610. The van der Waals surface area contributed by atoms with E-state index in [0.717, 1.165) is 6.20 Å². The summed E-state index contributed by atoms with van der Waals surface area (Å²) < 4.78 is 14.5. The van der Waals surface area contributed by atoms with Crippen LogP contribution in [0.5, 0.6) is 0 Å². The van der Waals surface area contributed by atoms with Crippen LogP contribution in [0.15, 0.2) is 46.3 Å². The maximum atomic E-state index is 13.8. The second-order valence-electron chi connectivity index (χ2n) is 4.44. The predicted octanol–water partition coefficient (Wildman–Crippen LogP) is 1.29. The van der Waals surface area contributed by atoms with Gasteiger partial charge >= 0.3 is 5.69 Å². The first-order valence-corrected chi connectivity index (χ1v) is 6.08. The molecule has 0 spiro atoms. The highest BCUT2D eigenvalue weighted by molar-refractivity contribution is 5.95. The molecule has 108 valence electrons. The Labute approximate surface area is 120 Å². The fourth-order valence-electron chi connectivity index (χ4n) is 1.55. The number of carbonyl (C=O) groups is 1. The average Bonchev–Trinajstić information content (AvgIpc) is 2.47. The van der Waals surface area contributed by atoms with Crippen LogP contribution in [0.25, 0.3) is 0 Å². The number of aliphatic imine (C=N–C) groups is 1. The summed E-state index contributed by atoms with van der Waals surface area (Å²) in [6, 6.07) is 8.10. The van der Waals surface area contributed by atoms with Gasteiger partial charge in [-0.15, -0.1) is 0 Å². The van der Waals surface area contributed by atoms with E-state index in [9.17, 15) is 14.0 Å². The van der Waals surface area contributed by atoms with Gasteiger partial charge in [0.2, 0.25) is 0 Å². The summed E-state index contributed by atoms with van der Waals surface area (Å²) in [6.45, 7) is 0. The topological polar surface area (TPSA) is 67.6 Å². The molecule has 6 nitrogen and oxygen atoms in total. The van der Waals surface area contributed by atoms with Crippen molar-refractivity contribution in [2.45, 2.75) is 0 Å². The minimum Gasteiger partial charge on any atom is -0.369 e. The summed E-state index contributed by atoms with van der Waals surface area (Å²) in [4.78, 5) is 32.7. The lowest BCUT2D eigenvalue weighted by Gasteiger charge is -2.05. The quantitative estimate of drug-likeness (QED) is 0.630. The molecule has 0 aliphatic carbocycles. The van der Waals surface area contributed by atoms with Crippen LogP contribution >= 0.6 is 0 Å². The van der Waals surface area contributed by atoms with Crippen molar-refractivity contribution < 1.29 is 9.18 Å². The molecular formula is C14H13FN4O2. The Morgan fingerprint density at radius 3 is 2.62 bits per heavy atom. The van der Waals surface area contributed by atoms with E-state index < -0.39 is 17.4 Å². The first kappa shape index (κ1) is 14.6. The van der Waals surface area contributed by atoms with Gasteiger partial charge in [0, 0.05) is 19.7 Å². The van der Waals surface area contributed by atoms with E-state index in [1.54, 1.807) is 37.2 Å². The van der Waals surface area contributed by atoms with Crippen LogP contribution in [-0.2, 0) is 0 Å². The first-order valence-electron chi connectivity index (χ1n) is 6.08. The van der Waals surface area contributed by atoms with Gasteiger partial charge in [-0.05, 0) is 12.1 Å². The second kappa shape index (κ2) is 6.08. The van der Waals surface area contributed by atoms with Gasteiger partial charge in [0.25, 0.3) is 5.91 Å². The Balaban J connectivity index is 2.42. The maximum absolute atomic E-state index is 13.8. The molecule has 0 saturated heterocycles. The summed E-state index contributed by atoms with van der Waals surface area (Å²) >= 11 is 0. The number of benzene rings is 1. The smallest absolute Gasteiger partial charge is 0.356 e. The van der Waals surface area contributed by atoms with Crippen molar-refractivity contribution >= 4 is 18.1 Å². The van der Waals surface area contributed by atoms with Crippen LogP contribution in [0.2, 0.25) is 0 Å². The molecule has 0 N–H and O–H groups in total. The first-order chi connectivity index (χ1) is 9.99. The number of nitrogens with zero attached hydrogens (tertiary/aromatic N) is 4. The van der Waals surface area contributed by atoms with Crippen LogP contribution in [0.3, 0.4) is 0 Å². The molecule has 21 heavy (non-hydrogen) atoms. The van der Waals surface area contributed by atoms with E-state index in [2.05, 4.69) is 9.98 Å². The highest BCUT2D eigenvalue weighted by atomic mass is 19.1. The van der Waals surface area contributed by atoms with Crippen LogP contribution < -0.4 is 5.69 Å². The van der Waals surface area contributed by atoms with Crippen molar-refractivity contribution in [2.24, 2.45) is 4.99 Å². The van der Waals surface area contributed by atoms with E-state index in [-0.39, 0.29) is 11.4 Å².